The maximum atomic E-state index is 12.7. The van der Waals surface area contributed by atoms with Crippen LogP contribution in [0.3, 0.4) is 0 Å². The van der Waals surface area contributed by atoms with Crippen molar-refractivity contribution in [2.45, 2.75) is 19.8 Å². The molecule has 0 bridgehead atoms. The first-order valence-electron chi connectivity index (χ1n) is 9.75. The molecule has 2 aliphatic heterocycles. The van der Waals surface area contributed by atoms with Gasteiger partial charge in [0, 0.05) is 24.3 Å². The number of hydrogen-bond donors (Lipinski definition) is 1. The van der Waals surface area contributed by atoms with Crippen LogP contribution in [0.1, 0.15) is 28.8 Å². The Hall–Kier alpha value is -3.35. The van der Waals surface area contributed by atoms with Gasteiger partial charge < -0.3 is 15.0 Å². The zero-order chi connectivity index (χ0) is 20.4. The Bertz CT molecular complexity index is 966. The van der Waals surface area contributed by atoms with E-state index in [0.717, 1.165) is 31.5 Å². The number of aryl methyl sites for hydroxylation is 1. The summed E-state index contributed by atoms with van der Waals surface area (Å²) in [6.45, 7) is 3.11. The Morgan fingerprint density at radius 2 is 1.86 bits per heavy atom. The van der Waals surface area contributed by atoms with Gasteiger partial charge in [0.1, 0.15) is 12.3 Å². The van der Waals surface area contributed by atoms with Crippen molar-refractivity contribution in [3.8, 4) is 5.75 Å². The largest absolute Gasteiger partial charge is 0.482 e. The summed E-state index contributed by atoms with van der Waals surface area (Å²) >= 11 is 0. The first kappa shape index (κ1) is 19.0. The van der Waals surface area contributed by atoms with E-state index < -0.39 is 0 Å². The molecule has 0 unspecified atom stereocenters. The van der Waals surface area contributed by atoms with Crippen LogP contribution in [0, 0.1) is 6.92 Å². The molecule has 7 heteroatoms. The van der Waals surface area contributed by atoms with Gasteiger partial charge in [0.15, 0.2) is 6.61 Å². The number of likely N-dealkylation sites (tertiary alicyclic amines) is 1. The molecule has 7 nitrogen and oxygen atoms in total. The lowest BCUT2D eigenvalue weighted by Crippen LogP contribution is -2.43. The zero-order valence-electron chi connectivity index (χ0n) is 16.3. The van der Waals surface area contributed by atoms with Gasteiger partial charge in [-0.1, -0.05) is 18.2 Å². The number of nitrogens with one attached hydrogen (secondary N) is 1. The lowest BCUT2D eigenvalue weighted by molar-refractivity contribution is -0.123. The van der Waals surface area contributed by atoms with Gasteiger partial charge in [-0.15, -0.1) is 0 Å². The smallest absolute Gasteiger partial charge is 0.265 e. The minimum atomic E-state index is -0.316. The molecule has 3 amide bonds. The van der Waals surface area contributed by atoms with Crippen molar-refractivity contribution in [3.63, 3.8) is 0 Å². The Kier molecular flexibility index (Phi) is 5.20. The Morgan fingerprint density at radius 1 is 1.10 bits per heavy atom. The summed E-state index contributed by atoms with van der Waals surface area (Å²) in [5.41, 5.74) is 2.59. The summed E-state index contributed by atoms with van der Waals surface area (Å²) in [6.07, 6.45) is 2.01. The first-order chi connectivity index (χ1) is 14.0. The van der Waals surface area contributed by atoms with Crippen LogP contribution < -0.4 is 15.0 Å². The van der Waals surface area contributed by atoms with Crippen molar-refractivity contribution >= 4 is 29.1 Å². The van der Waals surface area contributed by atoms with Gasteiger partial charge in [-0.3, -0.25) is 19.3 Å². The Labute approximate surface area is 169 Å². The molecule has 1 fully saturated rings. The molecule has 0 aliphatic carbocycles. The monoisotopic (exact) mass is 393 g/mol. The maximum Gasteiger partial charge on any atom is 0.265 e. The number of fused-ring (bicyclic) bond motifs is 1. The molecule has 0 saturated carbocycles. The van der Waals surface area contributed by atoms with Gasteiger partial charge in [0.25, 0.3) is 11.8 Å². The van der Waals surface area contributed by atoms with Crippen LogP contribution in [0.2, 0.25) is 0 Å². The fourth-order valence-electron chi connectivity index (χ4n) is 3.66. The molecule has 1 saturated heterocycles. The van der Waals surface area contributed by atoms with E-state index in [2.05, 4.69) is 5.32 Å². The molecule has 0 radical (unpaired) electrons. The van der Waals surface area contributed by atoms with E-state index in [1.54, 1.807) is 18.2 Å². The number of benzene rings is 2. The highest BCUT2D eigenvalue weighted by Crippen LogP contribution is 2.33. The number of amides is 3. The molecule has 2 aromatic rings. The highest BCUT2D eigenvalue weighted by molar-refractivity contribution is 6.06. The SMILES string of the molecule is Cc1ccccc1NC(=O)CN1C(=O)COc2ccc(C(=O)N3CCCC3)cc21. The molecule has 0 atom stereocenters. The summed E-state index contributed by atoms with van der Waals surface area (Å²) in [7, 11) is 0. The third-order valence-electron chi connectivity index (χ3n) is 5.26. The fraction of sp³-hybridized carbons (Fsp3) is 0.318. The lowest BCUT2D eigenvalue weighted by atomic mass is 10.1. The van der Waals surface area contributed by atoms with Gasteiger partial charge in [0.05, 0.1) is 5.69 Å². The molecule has 150 valence electrons. The van der Waals surface area contributed by atoms with E-state index >= 15 is 0 Å². The molecule has 4 rings (SSSR count). The van der Waals surface area contributed by atoms with E-state index in [9.17, 15) is 14.4 Å². The second-order valence-electron chi connectivity index (χ2n) is 7.31. The zero-order valence-corrected chi connectivity index (χ0v) is 16.3. The van der Waals surface area contributed by atoms with E-state index in [0.29, 0.717) is 22.7 Å². The van der Waals surface area contributed by atoms with E-state index in [1.807, 2.05) is 36.1 Å². The number of nitrogens with zero attached hydrogens (tertiary/aromatic N) is 2. The molecule has 29 heavy (non-hydrogen) atoms. The van der Waals surface area contributed by atoms with E-state index in [-0.39, 0.29) is 30.9 Å². The molecule has 2 aromatic carbocycles. The van der Waals surface area contributed by atoms with Crippen molar-refractivity contribution in [3.05, 3.63) is 53.6 Å². The van der Waals surface area contributed by atoms with Crippen molar-refractivity contribution in [2.75, 3.05) is 36.5 Å². The summed E-state index contributed by atoms with van der Waals surface area (Å²) in [4.78, 5) is 41.0. The lowest BCUT2D eigenvalue weighted by Gasteiger charge is -2.29. The van der Waals surface area contributed by atoms with Crippen LogP contribution in [0.5, 0.6) is 5.75 Å². The van der Waals surface area contributed by atoms with Crippen molar-refractivity contribution in [1.82, 2.24) is 4.90 Å². The van der Waals surface area contributed by atoms with Crippen molar-refractivity contribution in [2.24, 2.45) is 0 Å². The van der Waals surface area contributed by atoms with Gasteiger partial charge in [-0.2, -0.15) is 0 Å². The van der Waals surface area contributed by atoms with Crippen LogP contribution in [-0.2, 0) is 9.59 Å². The summed E-state index contributed by atoms with van der Waals surface area (Å²) in [5, 5.41) is 2.84. The summed E-state index contributed by atoms with van der Waals surface area (Å²) < 4.78 is 5.50. The molecule has 0 aromatic heterocycles. The highest BCUT2D eigenvalue weighted by atomic mass is 16.5. The van der Waals surface area contributed by atoms with Gasteiger partial charge in [-0.05, 0) is 49.6 Å². The number of ether oxygens (including phenoxy) is 1. The molecule has 2 aliphatic rings. The second kappa shape index (κ2) is 7.95. The summed E-state index contributed by atoms with van der Waals surface area (Å²) in [6, 6.07) is 12.5. The second-order valence-corrected chi connectivity index (χ2v) is 7.31. The van der Waals surface area contributed by atoms with Crippen LogP contribution in [-0.4, -0.2) is 48.9 Å². The van der Waals surface area contributed by atoms with Crippen LogP contribution >= 0.6 is 0 Å². The third kappa shape index (κ3) is 3.94. The minimum Gasteiger partial charge on any atom is -0.482 e. The predicted molar refractivity (Wildman–Crippen MR) is 109 cm³/mol. The predicted octanol–water partition coefficient (Wildman–Crippen LogP) is 2.60. The highest BCUT2D eigenvalue weighted by Gasteiger charge is 2.29. The molecule has 1 N–H and O–H groups in total. The number of hydrogen-bond acceptors (Lipinski definition) is 4. The fourth-order valence-corrected chi connectivity index (χ4v) is 3.66. The quantitative estimate of drug-likeness (QED) is 0.866. The molecular formula is C22H23N3O4. The Balaban J connectivity index is 1.56. The molecule has 0 spiro atoms. The first-order valence-corrected chi connectivity index (χ1v) is 9.75. The average Bonchev–Trinajstić information content (AvgIpc) is 3.26. The van der Waals surface area contributed by atoms with Gasteiger partial charge in [0.2, 0.25) is 5.91 Å². The number of para-hydroxylation sites is 1. The van der Waals surface area contributed by atoms with E-state index in [4.69, 9.17) is 4.74 Å². The van der Waals surface area contributed by atoms with Crippen molar-refractivity contribution < 1.29 is 19.1 Å². The number of carbonyl (C=O) groups is 3. The number of carbonyl (C=O) groups excluding carboxylic acids is 3. The topological polar surface area (TPSA) is 79.0 Å². The van der Waals surface area contributed by atoms with Gasteiger partial charge in [-0.25, -0.2) is 0 Å². The van der Waals surface area contributed by atoms with Crippen molar-refractivity contribution in [1.29, 1.82) is 0 Å². The molecular weight excluding hydrogens is 370 g/mol. The third-order valence-corrected chi connectivity index (χ3v) is 5.26. The molecule has 2 heterocycles. The standard InChI is InChI=1S/C22H23N3O4/c1-15-6-2-3-7-17(15)23-20(26)13-25-18-12-16(22(28)24-10-4-5-11-24)8-9-19(18)29-14-21(25)27/h2-3,6-9,12H,4-5,10-11,13-14H2,1H3,(H,23,26). The summed E-state index contributed by atoms with van der Waals surface area (Å²) in [5.74, 6) is -0.195. The minimum absolute atomic E-state index is 0.0624. The van der Waals surface area contributed by atoms with Gasteiger partial charge >= 0.3 is 0 Å². The normalized spacial score (nSPS) is 15.7. The Morgan fingerprint density at radius 3 is 2.62 bits per heavy atom. The maximum absolute atomic E-state index is 12.7. The number of anilines is 2. The average molecular weight is 393 g/mol. The van der Waals surface area contributed by atoms with Crippen LogP contribution in [0.15, 0.2) is 42.5 Å². The number of rotatable bonds is 4. The van der Waals surface area contributed by atoms with E-state index in [1.165, 1.54) is 4.90 Å². The van der Waals surface area contributed by atoms with Crippen LogP contribution in [0.25, 0.3) is 0 Å². The van der Waals surface area contributed by atoms with Crippen LogP contribution in [0.4, 0.5) is 11.4 Å².